The first-order valence-corrected chi connectivity index (χ1v) is 4.64. The van der Waals surface area contributed by atoms with E-state index in [1.807, 2.05) is 0 Å². The Bertz CT molecular complexity index is 301. The van der Waals surface area contributed by atoms with Crippen molar-refractivity contribution in [2.24, 2.45) is 29.6 Å². The Morgan fingerprint density at radius 2 is 1.54 bits per heavy atom. The van der Waals surface area contributed by atoms with E-state index < -0.39 is 0 Å². The summed E-state index contributed by atoms with van der Waals surface area (Å²) in [5.41, 5.74) is 0. The molecule has 3 aliphatic rings. The van der Waals surface area contributed by atoms with Crippen molar-refractivity contribution in [1.82, 2.24) is 0 Å². The van der Waals surface area contributed by atoms with Gasteiger partial charge >= 0.3 is 11.9 Å². The van der Waals surface area contributed by atoms with E-state index in [0.29, 0.717) is 5.92 Å². The molecular formula is C10H10O3. The third-order valence-electron chi connectivity index (χ3n) is 3.73. The Hall–Kier alpha value is -1.12. The molecule has 2 unspecified atom stereocenters. The van der Waals surface area contributed by atoms with Gasteiger partial charge in [-0.15, -0.1) is 0 Å². The molecule has 1 saturated carbocycles. The van der Waals surface area contributed by atoms with Crippen molar-refractivity contribution < 1.29 is 14.3 Å². The van der Waals surface area contributed by atoms with Crippen LogP contribution in [0.15, 0.2) is 12.2 Å². The zero-order chi connectivity index (χ0) is 9.16. The first-order chi connectivity index (χ1) is 6.20. The summed E-state index contributed by atoms with van der Waals surface area (Å²) < 4.78 is 4.64. The highest BCUT2D eigenvalue weighted by Gasteiger charge is 2.61. The molecule has 0 N–H and O–H groups in total. The number of allylic oxidation sites excluding steroid dienone is 2. The van der Waals surface area contributed by atoms with E-state index in [1.165, 1.54) is 0 Å². The summed E-state index contributed by atoms with van der Waals surface area (Å²) in [4.78, 5) is 22.6. The van der Waals surface area contributed by atoms with Crippen LogP contribution in [-0.4, -0.2) is 11.9 Å². The molecule has 2 aliphatic carbocycles. The molecule has 0 aromatic heterocycles. The average molecular weight is 178 g/mol. The molecule has 3 nitrogen and oxygen atoms in total. The summed E-state index contributed by atoms with van der Waals surface area (Å²) in [6.07, 6.45) is 4.13. The predicted molar refractivity (Wildman–Crippen MR) is 43.4 cm³/mol. The van der Waals surface area contributed by atoms with Gasteiger partial charge in [0.1, 0.15) is 0 Å². The second-order valence-corrected chi connectivity index (χ2v) is 4.19. The lowest BCUT2D eigenvalue weighted by Gasteiger charge is -2.12. The lowest BCUT2D eigenvalue weighted by molar-refractivity contribution is -0.155. The lowest BCUT2D eigenvalue weighted by atomic mass is 9.85. The number of carbonyl (C=O) groups excluding carboxylic acids is 2. The van der Waals surface area contributed by atoms with Crippen LogP contribution in [0.25, 0.3) is 0 Å². The maximum absolute atomic E-state index is 11.3. The molecule has 0 radical (unpaired) electrons. The maximum Gasteiger partial charge on any atom is 0.318 e. The molecule has 5 atom stereocenters. The molecule has 1 aliphatic heterocycles. The maximum atomic E-state index is 11.3. The van der Waals surface area contributed by atoms with Crippen LogP contribution in [0.1, 0.15) is 6.92 Å². The van der Waals surface area contributed by atoms with Crippen LogP contribution in [-0.2, 0) is 14.3 Å². The molecule has 68 valence electrons. The van der Waals surface area contributed by atoms with Crippen LogP contribution >= 0.6 is 0 Å². The fourth-order valence-corrected chi connectivity index (χ4v) is 3.08. The molecule has 1 saturated heterocycles. The lowest BCUT2D eigenvalue weighted by Crippen LogP contribution is -2.21. The topological polar surface area (TPSA) is 43.4 Å². The van der Waals surface area contributed by atoms with Crippen molar-refractivity contribution in [3.8, 4) is 0 Å². The second kappa shape index (κ2) is 2.03. The van der Waals surface area contributed by atoms with Crippen LogP contribution in [0.3, 0.4) is 0 Å². The molecule has 13 heavy (non-hydrogen) atoms. The molecule has 2 fully saturated rings. The zero-order valence-electron chi connectivity index (χ0n) is 7.27. The summed E-state index contributed by atoms with van der Waals surface area (Å²) in [6.45, 7) is 2.11. The highest BCUT2D eigenvalue weighted by molar-refractivity contribution is 5.98. The van der Waals surface area contributed by atoms with Crippen LogP contribution in [0, 0.1) is 29.6 Å². The quantitative estimate of drug-likeness (QED) is 0.312. The fourth-order valence-electron chi connectivity index (χ4n) is 3.08. The Labute approximate surface area is 75.8 Å². The van der Waals surface area contributed by atoms with Crippen molar-refractivity contribution in [2.75, 3.05) is 0 Å². The minimum Gasteiger partial charge on any atom is -0.393 e. The van der Waals surface area contributed by atoms with Crippen LogP contribution in [0.4, 0.5) is 0 Å². The van der Waals surface area contributed by atoms with Gasteiger partial charge in [-0.3, -0.25) is 9.59 Å². The Morgan fingerprint density at radius 3 is 2.00 bits per heavy atom. The summed E-state index contributed by atoms with van der Waals surface area (Å²) in [6, 6.07) is 0. The number of esters is 2. The van der Waals surface area contributed by atoms with E-state index in [9.17, 15) is 9.59 Å². The van der Waals surface area contributed by atoms with Crippen molar-refractivity contribution in [3.05, 3.63) is 12.2 Å². The van der Waals surface area contributed by atoms with Gasteiger partial charge in [0.2, 0.25) is 0 Å². The van der Waals surface area contributed by atoms with Crippen LogP contribution in [0.2, 0.25) is 0 Å². The first-order valence-electron chi connectivity index (χ1n) is 4.64. The van der Waals surface area contributed by atoms with Crippen molar-refractivity contribution in [1.29, 1.82) is 0 Å². The largest absolute Gasteiger partial charge is 0.393 e. The molecule has 0 spiro atoms. The Morgan fingerprint density at radius 1 is 1.08 bits per heavy atom. The highest BCUT2D eigenvalue weighted by Crippen LogP contribution is 2.55. The number of cyclic esters (lactones) is 2. The minimum atomic E-state index is -0.307. The smallest absolute Gasteiger partial charge is 0.318 e. The molecule has 0 amide bonds. The van der Waals surface area contributed by atoms with E-state index in [2.05, 4.69) is 23.8 Å². The van der Waals surface area contributed by atoms with E-state index >= 15 is 0 Å². The number of rotatable bonds is 0. The van der Waals surface area contributed by atoms with Gasteiger partial charge in [0.05, 0.1) is 11.8 Å². The van der Waals surface area contributed by atoms with Gasteiger partial charge in [-0.25, -0.2) is 0 Å². The number of fused-ring (bicyclic) bond motifs is 5. The van der Waals surface area contributed by atoms with Gasteiger partial charge in [-0.2, -0.15) is 0 Å². The summed E-state index contributed by atoms with van der Waals surface area (Å²) in [7, 11) is 0. The third kappa shape index (κ3) is 0.666. The van der Waals surface area contributed by atoms with E-state index in [4.69, 9.17) is 0 Å². The number of hydrogen-bond acceptors (Lipinski definition) is 3. The zero-order valence-corrected chi connectivity index (χ0v) is 7.27. The number of hydrogen-bond donors (Lipinski definition) is 0. The van der Waals surface area contributed by atoms with Crippen molar-refractivity contribution >= 4 is 11.9 Å². The van der Waals surface area contributed by atoms with Crippen molar-refractivity contribution in [3.63, 3.8) is 0 Å². The normalized spacial score (nSPS) is 51.3. The molecule has 3 rings (SSSR count). The average Bonchev–Trinajstić information content (AvgIpc) is 2.67. The molecule has 1 heterocycles. The monoisotopic (exact) mass is 178 g/mol. The summed E-state index contributed by atoms with van der Waals surface area (Å²) in [5.74, 6) is -0.0258. The molecular weight excluding hydrogens is 168 g/mol. The first kappa shape index (κ1) is 7.30. The molecule has 2 bridgehead atoms. The van der Waals surface area contributed by atoms with Crippen LogP contribution in [0.5, 0.6) is 0 Å². The molecule has 0 aromatic carbocycles. The van der Waals surface area contributed by atoms with Gasteiger partial charge < -0.3 is 4.74 Å². The van der Waals surface area contributed by atoms with Gasteiger partial charge in [0.25, 0.3) is 0 Å². The Kier molecular flexibility index (Phi) is 1.14. The van der Waals surface area contributed by atoms with Gasteiger partial charge in [-0.1, -0.05) is 19.1 Å². The highest BCUT2D eigenvalue weighted by atomic mass is 16.6. The summed E-state index contributed by atoms with van der Waals surface area (Å²) >= 11 is 0. The van der Waals surface area contributed by atoms with Crippen molar-refractivity contribution in [2.45, 2.75) is 6.92 Å². The third-order valence-corrected chi connectivity index (χ3v) is 3.73. The minimum absolute atomic E-state index is 0.169. The van der Waals surface area contributed by atoms with Gasteiger partial charge in [0, 0.05) is 0 Å². The van der Waals surface area contributed by atoms with E-state index in [0.717, 1.165) is 0 Å². The van der Waals surface area contributed by atoms with Crippen LogP contribution < -0.4 is 0 Å². The SMILES string of the molecule is CC1C2C=C[C@@H]1[C@H]1C(=O)OC(=O)[C@@H]21. The van der Waals surface area contributed by atoms with E-state index in [-0.39, 0.29) is 35.6 Å². The predicted octanol–water partition coefficient (Wildman–Crippen LogP) is 0.754. The second-order valence-electron chi connectivity index (χ2n) is 4.19. The van der Waals surface area contributed by atoms with E-state index in [1.54, 1.807) is 0 Å². The Balaban J connectivity index is 2.09. The molecule has 3 heteroatoms. The summed E-state index contributed by atoms with van der Waals surface area (Å²) in [5, 5.41) is 0. The number of carbonyl (C=O) groups is 2. The number of ether oxygens (including phenoxy) is 1. The van der Waals surface area contributed by atoms with Gasteiger partial charge in [-0.05, 0) is 17.8 Å². The molecule has 0 aromatic rings. The fraction of sp³-hybridized carbons (Fsp3) is 0.600. The van der Waals surface area contributed by atoms with Gasteiger partial charge in [0.15, 0.2) is 0 Å². The standard InChI is InChI=1S/C10H10O3/c1-4-5-2-3-6(4)8-7(5)9(11)13-10(8)12/h2-8H,1H3/t4?,5-,6?,7+,8-/m0/s1.